The van der Waals surface area contributed by atoms with Crippen molar-refractivity contribution in [3.8, 4) is 0 Å². The van der Waals surface area contributed by atoms with E-state index in [1.165, 1.54) is 10.6 Å². The molecule has 0 bridgehead atoms. The number of piperazine rings is 1. The average molecular weight is 276 g/mol. The zero-order chi connectivity index (χ0) is 14.4. The van der Waals surface area contributed by atoms with Gasteiger partial charge in [-0.25, -0.2) is 0 Å². The van der Waals surface area contributed by atoms with E-state index < -0.39 is 0 Å². The fraction of sp³-hybridized carbons (Fsp3) is 0.562. The average Bonchev–Trinajstić information content (AvgIpc) is 2.53. The molecule has 4 nitrogen and oxygen atoms in total. The topological polar surface area (TPSA) is 36.8 Å². The lowest BCUT2D eigenvalue weighted by Gasteiger charge is -2.36. The number of carbonyl (C=O) groups excluding carboxylic acids is 1. The van der Waals surface area contributed by atoms with Gasteiger partial charge in [-0.05, 0) is 25.5 Å². The van der Waals surface area contributed by atoms with Gasteiger partial charge in [0.1, 0.15) is 0 Å². The van der Waals surface area contributed by atoms with E-state index in [0.29, 0.717) is 0 Å². The van der Waals surface area contributed by atoms with Crippen LogP contribution in [0, 0.1) is 0 Å². The van der Waals surface area contributed by atoms with Gasteiger partial charge in [0, 0.05) is 12.2 Å². The van der Waals surface area contributed by atoms with Crippen LogP contribution in [-0.4, -0.2) is 44.7 Å². The molecule has 0 unspecified atom stereocenters. The first-order chi connectivity index (χ1) is 9.72. The normalized spacial score (nSPS) is 17.8. The van der Waals surface area contributed by atoms with Crippen molar-refractivity contribution in [2.45, 2.75) is 26.3 Å². The highest BCUT2D eigenvalue weighted by Crippen LogP contribution is 2.12. The van der Waals surface area contributed by atoms with Crippen LogP contribution in [0.15, 0.2) is 30.3 Å². The first-order valence-electron chi connectivity index (χ1n) is 7.64. The number of hydrogen-bond acceptors (Lipinski definition) is 2. The smallest absolute Gasteiger partial charge is 0.278 e. The first kappa shape index (κ1) is 14.9. The molecular formula is C16H26N3O+. The predicted octanol–water partition coefficient (Wildman–Crippen LogP) is 0.306. The summed E-state index contributed by atoms with van der Waals surface area (Å²) in [6.45, 7) is 8.99. The van der Waals surface area contributed by atoms with Crippen LogP contribution in [0.1, 0.15) is 20.3 Å². The molecule has 1 aliphatic heterocycles. The van der Waals surface area contributed by atoms with Gasteiger partial charge in [-0.15, -0.1) is 0 Å². The highest BCUT2D eigenvalue weighted by molar-refractivity contribution is 5.79. The second-order valence-corrected chi connectivity index (χ2v) is 5.49. The van der Waals surface area contributed by atoms with Crippen LogP contribution in [0.3, 0.4) is 0 Å². The quantitative estimate of drug-likeness (QED) is 0.812. The summed E-state index contributed by atoms with van der Waals surface area (Å²) in [4.78, 5) is 15.8. The number of para-hydroxylation sites is 1. The number of carbonyl (C=O) groups is 1. The van der Waals surface area contributed by atoms with Crippen molar-refractivity contribution in [2.24, 2.45) is 0 Å². The van der Waals surface area contributed by atoms with E-state index in [0.717, 1.165) is 39.1 Å². The number of nitrogens with one attached hydrogen (secondary N) is 2. The summed E-state index contributed by atoms with van der Waals surface area (Å²) in [5.74, 6) is 0.190. The largest absolute Gasteiger partial charge is 0.360 e. The molecule has 0 spiro atoms. The van der Waals surface area contributed by atoms with E-state index in [9.17, 15) is 4.79 Å². The molecule has 1 saturated heterocycles. The Hall–Kier alpha value is -1.55. The van der Waals surface area contributed by atoms with Crippen LogP contribution in [0.5, 0.6) is 0 Å². The predicted molar refractivity (Wildman–Crippen MR) is 82.1 cm³/mol. The minimum Gasteiger partial charge on any atom is -0.360 e. The van der Waals surface area contributed by atoms with Crippen molar-refractivity contribution < 1.29 is 9.69 Å². The van der Waals surface area contributed by atoms with Crippen molar-refractivity contribution in [3.05, 3.63) is 30.3 Å². The van der Waals surface area contributed by atoms with E-state index in [1.807, 2.05) is 13.0 Å². The van der Waals surface area contributed by atoms with Crippen LogP contribution in [0.2, 0.25) is 0 Å². The highest BCUT2D eigenvalue weighted by Gasteiger charge is 2.28. The van der Waals surface area contributed by atoms with E-state index in [2.05, 4.69) is 41.4 Å². The molecule has 4 heteroatoms. The maximum absolute atomic E-state index is 12.0. The molecule has 1 heterocycles. The number of benzene rings is 1. The molecule has 0 radical (unpaired) electrons. The summed E-state index contributed by atoms with van der Waals surface area (Å²) in [5.41, 5.74) is 1.29. The van der Waals surface area contributed by atoms with Crippen LogP contribution in [-0.2, 0) is 4.79 Å². The number of rotatable bonds is 5. The molecular weight excluding hydrogens is 250 g/mol. The third-order valence-electron chi connectivity index (χ3n) is 4.08. The third-order valence-corrected chi connectivity index (χ3v) is 4.08. The maximum Gasteiger partial charge on any atom is 0.278 e. The van der Waals surface area contributed by atoms with Crippen molar-refractivity contribution in [3.63, 3.8) is 0 Å². The molecule has 0 aromatic heterocycles. The SMILES string of the molecule is CCCNC(=O)[C@@H](C)[NH+]1CCN(c2ccccc2)CC1. The lowest BCUT2D eigenvalue weighted by atomic mass is 10.2. The highest BCUT2D eigenvalue weighted by atomic mass is 16.2. The van der Waals surface area contributed by atoms with Crippen molar-refractivity contribution in [1.29, 1.82) is 0 Å². The third kappa shape index (κ3) is 3.73. The van der Waals surface area contributed by atoms with Gasteiger partial charge in [-0.2, -0.15) is 0 Å². The number of quaternary nitrogens is 1. The van der Waals surface area contributed by atoms with Gasteiger partial charge in [-0.3, -0.25) is 4.79 Å². The molecule has 1 aromatic rings. The summed E-state index contributed by atoms with van der Waals surface area (Å²) in [6, 6.07) is 10.6. The molecule has 1 atom stereocenters. The molecule has 110 valence electrons. The van der Waals surface area contributed by atoms with Crippen LogP contribution in [0.4, 0.5) is 5.69 Å². The molecule has 0 aliphatic carbocycles. The van der Waals surface area contributed by atoms with Gasteiger partial charge in [0.2, 0.25) is 0 Å². The second kappa shape index (κ2) is 7.29. The van der Waals surface area contributed by atoms with E-state index >= 15 is 0 Å². The van der Waals surface area contributed by atoms with Gasteiger partial charge in [0.25, 0.3) is 5.91 Å². The zero-order valence-electron chi connectivity index (χ0n) is 12.6. The molecule has 2 rings (SSSR count). The monoisotopic (exact) mass is 276 g/mol. The van der Waals surface area contributed by atoms with Crippen LogP contribution in [0.25, 0.3) is 0 Å². The van der Waals surface area contributed by atoms with Gasteiger partial charge in [0.05, 0.1) is 26.2 Å². The Morgan fingerprint density at radius 3 is 2.55 bits per heavy atom. The second-order valence-electron chi connectivity index (χ2n) is 5.49. The molecule has 0 saturated carbocycles. The minimum atomic E-state index is 0.0551. The molecule has 20 heavy (non-hydrogen) atoms. The van der Waals surface area contributed by atoms with Gasteiger partial charge < -0.3 is 15.1 Å². The number of anilines is 1. The molecule has 1 fully saturated rings. The first-order valence-corrected chi connectivity index (χ1v) is 7.64. The summed E-state index contributed by atoms with van der Waals surface area (Å²) >= 11 is 0. The molecule has 2 N–H and O–H groups in total. The van der Waals surface area contributed by atoms with Crippen molar-refractivity contribution >= 4 is 11.6 Å². The van der Waals surface area contributed by atoms with Crippen LogP contribution >= 0.6 is 0 Å². The van der Waals surface area contributed by atoms with E-state index in [4.69, 9.17) is 0 Å². The zero-order valence-corrected chi connectivity index (χ0v) is 12.6. The summed E-state index contributed by atoms with van der Waals surface area (Å²) in [7, 11) is 0. The fourth-order valence-corrected chi connectivity index (χ4v) is 2.71. The Kier molecular flexibility index (Phi) is 5.41. The molecule has 1 amide bonds. The molecule has 1 aromatic carbocycles. The lowest BCUT2D eigenvalue weighted by molar-refractivity contribution is -0.914. The van der Waals surface area contributed by atoms with Gasteiger partial charge in [-0.1, -0.05) is 25.1 Å². The fourth-order valence-electron chi connectivity index (χ4n) is 2.71. The minimum absolute atomic E-state index is 0.0551. The maximum atomic E-state index is 12.0. The van der Waals surface area contributed by atoms with Crippen molar-refractivity contribution in [2.75, 3.05) is 37.6 Å². The summed E-state index contributed by atoms with van der Waals surface area (Å²) in [5, 5.41) is 3.00. The summed E-state index contributed by atoms with van der Waals surface area (Å²) < 4.78 is 0. The van der Waals surface area contributed by atoms with Crippen LogP contribution < -0.4 is 15.1 Å². The Balaban J connectivity index is 1.83. The number of nitrogens with zero attached hydrogens (tertiary/aromatic N) is 1. The standard InChI is InChI=1S/C16H25N3O/c1-3-9-17-16(20)14(2)18-10-12-19(13-11-18)15-7-5-4-6-8-15/h4-8,14H,3,9-13H2,1-2H3,(H,17,20)/p+1/t14-/m1/s1. The van der Waals surface area contributed by atoms with Crippen molar-refractivity contribution in [1.82, 2.24) is 5.32 Å². The molecule has 1 aliphatic rings. The van der Waals surface area contributed by atoms with E-state index in [1.54, 1.807) is 0 Å². The Bertz CT molecular complexity index is 413. The van der Waals surface area contributed by atoms with Gasteiger partial charge >= 0.3 is 0 Å². The Morgan fingerprint density at radius 1 is 1.30 bits per heavy atom. The van der Waals surface area contributed by atoms with E-state index in [-0.39, 0.29) is 11.9 Å². The van der Waals surface area contributed by atoms with Gasteiger partial charge in [0.15, 0.2) is 6.04 Å². The Labute approximate surface area is 121 Å². The number of amides is 1. The summed E-state index contributed by atoms with van der Waals surface area (Å²) in [6.07, 6.45) is 0.996. The Morgan fingerprint density at radius 2 is 1.95 bits per heavy atom. The lowest BCUT2D eigenvalue weighted by Crippen LogP contribution is -3.19. The number of hydrogen-bond donors (Lipinski definition) is 2.